The largest absolute Gasteiger partial charge is 0.265 e. The standard InChI is InChI=1S/C9H8F2N2/c1-6-4-7(9(10)11)8(2-3-12)13-5-6/h4-5,9H,2H2,1H3. The van der Waals surface area contributed by atoms with E-state index in [0.29, 0.717) is 5.56 Å². The Morgan fingerprint density at radius 3 is 2.85 bits per heavy atom. The summed E-state index contributed by atoms with van der Waals surface area (Å²) >= 11 is 0. The van der Waals surface area contributed by atoms with Gasteiger partial charge in [0, 0.05) is 11.8 Å². The normalized spacial score (nSPS) is 10.1. The first-order chi connectivity index (χ1) is 6.15. The van der Waals surface area contributed by atoms with E-state index < -0.39 is 6.43 Å². The monoisotopic (exact) mass is 182 g/mol. The van der Waals surface area contributed by atoms with Gasteiger partial charge in [-0.3, -0.25) is 4.98 Å². The Bertz CT molecular complexity index is 342. The highest BCUT2D eigenvalue weighted by Crippen LogP contribution is 2.22. The minimum Gasteiger partial charge on any atom is -0.259 e. The average Bonchev–Trinajstić information content (AvgIpc) is 2.08. The third kappa shape index (κ3) is 2.22. The van der Waals surface area contributed by atoms with Crippen LogP contribution in [0.5, 0.6) is 0 Å². The molecule has 0 fully saturated rings. The SMILES string of the molecule is Cc1cnc(CC#N)c(C(F)F)c1. The molecule has 0 aliphatic carbocycles. The van der Waals surface area contributed by atoms with E-state index in [1.807, 2.05) is 0 Å². The van der Waals surface area contributed by atoms with Crippen molar-refractivity contribution >= 4 is 0 Å². The van der Waals surface area contributed by atoms with Crippen LogP contribution in [-0.2, 0) is 6.42 Å². The van der Waals surface area contributed by atoms with E-state index in [-0.39, 0.29) is 17.7 Å². The van der Waals surface area contributed by atoms with E-state index in [0.717, 1.165) is 0 Å². The Hall–Kier alpha value is -1.50. The van der Waals surface area contributed by atoms with Crippen LogP contribution < -0.4 is 0 Å². The van der Waals surface area contributed by atoms with Gasteiger partial charge < -0.3 is 0 Å². The summed E-state index contributed by atoms with van der Waals surface area (Å²) in [6, 6.07) is 3.17. The fourth-order valence-corrected chi connectivity index (χ4v) is 1.03. The fourth-order valence-electron chi connectivity index (χ4n) is 1.03. The first-order valence-corrected chi connectivity index (χ1v) is 3.75. The van der Waals surface area contributed by atoms with Crippen LogP contribution in [0.25, 0.3) is 0 Å². The summed E-state index contributed by atoms with van der Waals surface area (Å²) in [6.45, 7) is 1.69. The molecular formula is C9H8F2N2. The van der Waals surface area contributed by atoms with Gasteiger partial charge in [0.05, 0.1) is 18.2 Å². The number of alkyl halides is 2. The molecule has 0 saturated carbocycles. The summed E-state index contributed by atoms with van der Waals surface area (Å²) in [5, 5.41) is 8.36. The molecule has 1 aromatic heterocycles. The lowest BCUT2D eigenvalue weighted by atomic mass is 10.1. The number of rotatable bonds is 2. The van der Waals surface area contributed by atoms with Crippen molar-refractivity contribution < 1.29 is 8.78 Å². The molecule has 0 N–H and O–H groups in total. The molecule has 0 aromatic carbocycles. The Morgan fingerprint density at radius 1 is 1.62 bits per heavy atom. The van der Waals surface area contributed by atoms with Crippen LogP contribution >= 0.6 is 0 Å². The zero-order chi connectivity index (χ0) is 9.84. The van der Waals surface area contributed by atoms with Crippen LogP contribution in [0, 0.1) is 18.3 Å². The Labute approximate surface area is 74.8 Å². The number of halogens is 2. The van der Waals surface area contributed by atoms with Crippen molar-refractivity contribution in [1.29, 1.82) is 5.26 Å². The quantitative estimate of drug-likeness (QED) is 0.704. The number of aromatic nitrogens is 1. The topological polar surface area (TPSA) is 36.7 Å². The Morgan fingerprint density at radius 2 is 2.31 bits per heavy atom. The lowest BCUT2D eigenvalue weighted by molar-refractivity contribution is 0.150. The first-order valence-electron chi connectivity index (χ1n) is 3.75. The second kappa shape index (κ2) is 3.94. The van der Waals surface area contributed by atoms with Crippen molar-refractivity contribution in [1.82, 2.24) is 4.98 Å². The molecule has 1 rings (SSSR count). The number of aryl methyl sites for hydroxylation is 1. The lowest BCUT2D eigenvalue weighted by Gasteiger charge is -2.05. The zero-order valence-electron chi connectivity index (χ0n) is 7.09. The van der Waals surface area contributed by atoms with Crippen molar-refractivity contribution in [2.75, 3.05) is 0 Å². The smallest absolute Gasteiger partial charge is 0.259 e. The molecule has 0 amide bonds. The minimum absolute atomic E-state index is 0.0695. The highest BCUT2D eigenvalue weighted by Gasteiger charge is 2.13. The number of hydrogen-bond acceptors (Lipinski definition) is 2. The summed E-state index contributed by atoms with van der Waals surface area (Å²) in [5.41, 5.74) is 0.710. The van der Waals surface area contributed by atoms with Crippen molar-refractivity contribution in [2.45, 2.75) is 19.8 Å². The van der Waals surface area contributed by atoms with Crippen molar-refractivity contribution in [2.24, 2.45) is 0 Å². The molecule has 1 aromatic rings. The van der Waals surface area contributed by atoms with Gasteiger partial charge in [0.1, 0.15) is 0 Å². The van der Waals surface area contributed by atoms with Crippen molar-refractivity contribution in [3.8, 4) is 6.07 Å². The molecule has 0 aliphatic rings. The van der Waals surface area contributed by atoms with Gasteiger partial charge in [0.15, 0.2) is 0 Å². The van der Waals surface area contributed by atoms with E-state index in [2.05, 4.69) is 4.98 Å². The predicted molar refractivity (Wildman–Crippen MR) is 43.2 cm³/mol. The molecule has 1 heterocycles. The van der Waals surface area contributed by atoms with Crippen LogP contribution in [0.15, 0.2) is 12.3 Å². The molecular weight excluding hydrogens is 174 g/mol. The van der Waals surface area contributed by atoms with E-state index in [1.165, 1.54) is 12.3 Å². The summed E-state index contributed by atoms with van der Waals surface area (Å²) < 4.78 is 24.8. The molecule has 0 radical (unpaired) electrons. The first kappa shape index (κ1) is 9.59. The highest BCUT2D eigenvalue weighted by molar-refractivity contribution is 5.27. The van der Waals surface area contributed by atoms with Gasteiger partial charge in [-0.1, -0.05) is 0 Å². The Kier molecular flexibility index (Phi) is 2.91. The van der Waals surface area contributed by atoms with Gasteiger partial charge >= 0.3 is 0 Å². The van der Waals surface area contributed by atoms with E-state index in [9.17, 15) is 8.78 Å². The maximum atomic E-state index is 12.4. The summed E-state index contributed by atoms with van der Waals surface area (Å²) in [6.07, 6.45) is -1.14. The Balaban J connectivity index is 3.12. The van der Waals surface area contributed by atoms with Crippen LogP contribution in [0.2, 0.25) is 0 Å². The fraction of sp³-hybridized carbons (Fsp3) is 0.333. The molecule has 0 spiro atoms. The third-order valence-electron chi connectivity index (χ3n) is 1.62. The predicted octanol–water partition coefficient (Wildman–Crippen LogP) is 2.39. The van der Waals surface area contributed by atoms with Gasteiger partial charge in [-0.05, 0) is 18.6 Å². The molecule has 0 saturated heterocycles. The van der Waals surface area contributed by atoms with E-state index in [1.54, 1.807) is 13.0 Å². The number of hydrogen-bond donors (Lipinski definition) is 0. The second-order valence-corrected chi connectivity index (χ2v) is 2.68. The van der Waals surface area contributed by atoms with Crippen LogP contribution in [0.3, 0.4) is 0 Å². The molecule has 0 atom stereocenters. The van der Waals surface area contributed by atoms with Gasteiger partial charge in [-0.25, -0.2) is 8.78 Å². The molecule has 0 aliphatic heterocycles. The highest BCUT2D eigenvalue weighted by atomic mass is 19.3. The summed E-state index contributed by atoms with van der Waals surface area (Å²) in [7, 11) is 0. The maximum absolute atomic E-state index is 12.4. The second-order valence-electron chi connectivity index (χ2n) is 2.68. The van der Waals surface area contributed by atoms with Crippen molar-refractivity contribution in [3.05, 3.63) is 29.1 Å². The molecule has 0 unspecified atom stereocenters. The number of nitrogens with zero attached hydrogens (tertiary/aromatic N) is 2. The van der Waals surface area contributed by atoms with E-state index >= 15 is 0 Å². The minimum atomic E-state index is -2.56. The van der Waals surface area contributed by atoms with Gasteiger partial charge in [0.25, 0.3) is 6.43 Å². The zero-order valence-corrected chi connectivity index (χ0v) is 7.09. The molecule has 0 bridgehead atoms. The van der Waals surface area contributed by atoms with Crippen LogP contribution in [-0.4, -0.2) is 4.98 Å². The van der Waals surface area contributed by atoms with Gasteiger partial charge in [-0.2, -0.15) is 5.26 Å². The van der Waals surface area contributed by atoms with Crippen LogP contribution in [0.1, 0.15) is 23.2 Å². The summed E-state index contributed by atoms with van der Waals surface area (Å²) in [5.74, 6) is 0. The van der Waals surface area contributed by atoms with Crippen LogP contribution in [0.4, 0.5) is 8.78 Å². The summed E-state index contributed by atoms with van der Waals surface area (Å²) in [4.78, 5) is 3.79. The third-order valence-corrected chi connectivity index (χ3v) is 1.62. The molecule has 4 heteroatoms. The molecule has 68 valence electrons. The van der Waals surface area contributed by atoms with Gasteiger partial charge in [0.2, 0.25) is 0 Å². The van der Waals surface area contributed by atoms with E-state index in [4.69, 9.17) is 5.26 Å². The van der Waals surface area contributed by atoms with Gasteiger partial charge in [-0.15, -0.1) is 0 Å². The number of pyridine rings is 1. The molecule has 2 nitrogen and oxygen atoms in total. The maximum Gasteiger partial charge on any atom is 0.265 e. The number of nitriles is 1. The lowest BCUT2D eigenvalue weighted by Crippen LogP contribution is -1.98. The molecule has 13 heavy (non-hydrogen) atoms. The average molecular weight is 182 g/mol. The van der Waals surface area contributed by atoms with Crippen molar-refractivity contribution in [3.63, 3.8) is 0 Å².